The second-order valence-corrected chi connectivity index (χ2v) is 8.59. The quantitative estimate of drug-likeness (QED) is 0.184. The van der Waals surface area contributed by atoms with Gasteiger partial charge in [0, 0.05) is 26.3 Å². The van der Waals surface area contributed by atoms with Gasteiger partial charge in [-0.25, -0.2) is 10.3 Å². The zero-order chi connectivity index (χ0) is 28.8. The lowest BCUT2D eigenvalue weighted by atomic mass is 10.0. The van der Waals surface area contributed by atoms with Crippen molar-refractivity contribution in [3.8, 4) is 0 Å². The van der Waals surface area contributed by atoms with Gasteiger partial charge in [-0.2, -0.15) is 0 Å². The van der Waals surface area contributed by atoms with Gasteiger partial charge in [-0.1, -0.05) is 42.5 Å². The Bertz CT molecular complexity index is 1100. The van der Waals surface area contributed by atoms with Gasteiger partial charge in [0.1, 0.15) is 6.04 Å². The lowest BCUT2D eigenvalue weighted by Crippen LogP contribution is -2.55. The number of carboxylic acids is 1. The molecule has 0 spiro atoms. The van der Waals surface area contributed by atoms with E-state index in [0.717, 1.165) is 16.3 Å². The number of hydroxylamine groups is 1. The van der Waals surface area contributed by atoms with Crippen LogP contribution in [0.1, 0.15) is 39.7 Å². The Labute approximate surface area is 227 Å². The highest BCUT2D eigenvalue weighted by Crippen LogP contribution is 2.23. The van der Waals surface area contributed by atoms with Gasteiger partial charge in [0.05, 0.1) is 12.5 Å². The molecule has 2 rings (SSSR count). The van der Waals surface area contributed by atoms with Crippen molar-refractivity contribution in [1.29, 1.82) is 0 Å². The minimum atomic E-state index is -1.41. The van der Waals surface area contributed by atoms with Crippen LogP contribution in [0.2, 0.25) is 0 Å². The van der Waals surface area contributed by atoms with Crippen LogP contribution in [0.5, 0.6) is 0 Å². The van der Waals surface area contributed by atoms with Crippen LogP contribution < -0.4 is 16.1 Å². The summed E-state index contributed by atoms with van der Waals surface area (Å²) in [6.45, 7) is 7.56. The van der Waals surface area contributed by atoms with Gasteiger partial charge < -0.3 is 30.1 Å². The number of urea groups is 1. The van der Waals surface area contributed by atoms with Crippen LogP contribution in [-0.4, -0.2) is 78.6 Å². The number of rotatable bonds is 16. The van der Waals surface area contributed by atoms with E-state index in [4.69, 9.17) is 14.3 Å². The lowest BCUT2D eigenvalue weighted by molar-refractivity contribution is -0.180. The molecule has 12 nitrogen and oxygen atoms in total. The molecular weight excluding hydrogens is 508 g/mol. The third-order valence-electron chi connectivity index (χ3n) is 5.77. The van der Waals surface area contributed by atoms with Gasteiger partial charge >= 0.3 is 12.0 Å². The molecule has 0 saturated carbocycles. The fourth-order valence-electron chi connectivity index (χ4n) is 4.01. The standard InChI is InChI=1S/C27H38N4O8/c1-5-28-27(36)30-39-17-23(32)29-22(15-24(33)34)25(35)31(18(4)26(37-6-2)38-7-3)16-20-13-10-12-19-11-8-9-14-21(19)20/h8-14,18,22,26H,5-7,15-17H2,1-4H3,(H,29,32)(H,33,34)(H2,28,30,36)/t18-,22?/m0/s1. The van der Waals surface area contributed by atoms with Crippen molar-refractivity contribution < 1.29 is 38.6 Å². The second kappa shape index (κ2) is 16.3. The molecule has 4 amide bonds. The molecule has 0 aliphatic carbocycles. The van der Waals surface area contributed by atoms with Crippen molar-refractivity contribution in [3.63, 3.8) is 0 Å². The van der Waals surface area contributed by atoms with Crippen LogP contribution in [0.3, 0.4) is 0 Å². The van der Waals surface area contributed by atoms with E-state index in [1.54, 1.807) is 27.7 Å². The van der Waals surface area contributed by atoms with Crippen molar-refractivity contribution in [2.75, 3.05) is 26.4 Å². The molecule has 0 heterocycles. The molecule has 0 radical (unpaired) electrons. The average molecular weight is 547 g/mol. The van der Waals surface area contributed by atoms with Crippen LogP contribution in [0.4, 0.5) is 4.79 Å². The van der Waals surface area contributed by atoms with Gasteiger partial charge in [0.15, 0.2) is 12.9 Å². The zero-order valence-corrected chi connectivity index (χ0v) is 22.8. The van der Waals surface area contributed by atoms with Crippen LogP contribution in [-0.2, 0) is 35.2 Å². The molecule has 2 atom stereocenters. The molecule has 0 bridgehead atoms. The summed E-state index contributed by atoms with van der Waals surface area (Å²) in [6.07, 6.45) is -1.45. The van der Waals surface area contributed by atoms with Crippen LogP contribution in [0.15, 0.2) is 42.5 Å². The smallest absolute Gasteiger partial charge is 0.338 e. The fraction of sp³-hybridized carbons (Fsp3) is 0.481. The van der Waals surface area contributed by atoms with Crippen LogP contribution in [0.25, 0.3) is 10.8 Å². The fourth-order valence-corrected chi connectivity index (χ4v) is 4.01. The van der Waals surface area contributed by atoms with Gasteiger partial charge in [-0.05, 0) is 44.0 Å². The number of carbonyl (C=O) groups excluding carboxylic acids is 3. The molecular formula is C27H38N4O8. The largest absolute Gasteiger partial charge is 0.481 e. The number of hydrogen-bond donors (Lipinski definition) is 4. The van der Waals surface area contributed by atoms with E-state index >= 15 is 0 Å². The maximum absolute atomic E-state index is 13.9. The molecule has 2 aromatic carbocycles. The predicted octanol–water partition coefficient (Wildman–Crippen LogP) is 2.17. The molecule has 0 saturated heterocycles. The molecule has 2 aromatic rings. The number of ether oxygens (including phenoxy) is 2. The van der Waals surface area contributed by atoms with Gasteiger partial charge in [-0.15, -0.1) is 0 Å². The third kappa shape index (κ3) is 9.82. The Morgan fingerprint density at radius 3 is 2.28 bits per heavy atom. The van der Waals surface area contributed by atoms with E-state index in [1.165, 1.54) is 4.90 Å². The molecule has 39 heavy (non-hydrogen) atoms. The monoisotopic (exact) mass is 546 g/mol. The third-order valence-corrected chi connectivity index (χ3v) is 5.77. The van der Waals surface area contributed by atoms with E-state index in [1.807, 2.05) is 47.9 Å². The van der Waals surface area contributed by atoms with E-state index in [2.05, 4.69) is 10.6 Å². The summed E-state index contributed by atoms with van der Waals surface area (Å²) >= 11 is 0. The Morgan fingerprint density at radius 2 is 1.64 bits per heavy atom. The van der Waals surface area contributed by atoms with Gasteiger partial charge in [-0.3, -0.25) is 19.2 Å². The molecule has 12 heteroatoms. The van der Waals surface area contributed by atoms with E-state index < -0.39 is 55.2 Å². The topological polar surface area (TPSA) is 156 Å². The summed E-state index contributed by atoms with van der Waals surface area (Å²) in [5, 5.41) is 16.3. The van der Waals surface area contributed by atoms with Crippen molar-refractivity contribution in [2.24, 2.45) is 0 Å². The SMILES string of the molecule is CCNC(=O)NOCC(=O)NC(CC(=O)O)C(=O)N(Cc1cccc2ccccc12)[C@@H](C)C(OCC)OCC. The van der Waals surface area contributed by atoms with Crippen LogP contribution >= 0.6 is 0 Å². The molecule has 1 unspecified atom stereocenters. The highest BCUT2D eigenvalue weighted by atomic mass is 16.7. The summed E-state index contributed by atoms with van der Waals surface area (Å²) in [5.74, 6) is -2.69. The summed E-state index contributed by atoms with van der Waals surface area (Å²) in [5.41, 5.74) is 2.86. The molecule has 0 fully saturated rings. The molecule has 0 aliphatic rings. The van der Waals surface area contributed by atoms with E-state index in [0.29, 0.717) is 19.8 Å². The maximum atomic E-state index is 13.9. The van der Waals surface area contributed by atoms with Crippen molar-refractivity contribution >= 4 is 34.6 Å². The number of carboxylic acid groups (broad SMARTS) is 1. The first-order valence-corrected chi connectivity index (χ1v) is 12.9. The molecule has 4 N–H and O–H groups in total. The minimum absolute atomic E-state index is 0.110. The number of nitrogens with one attached hydrogen (secondary N) is 3. The van der Waals surface area contributed by atoms with Gasteiger partial charge in [0.25, 0.3) is 0 Å². The second-order valence-electron chi connectivity index (χ2n) is 8.59. The number of aliphatic carboxylic acids is 1. The molecule has 0 aromatic heterocycles. The highest BCUT2D eigenvalue weighted by molar-refractivity contribution is 5.92. The average Bonchev–Trinajstić information content (AvgIpc) is 2.90. The van der Waals surface area contributed by atoms with Crippen molar-refractivity contribution in [3.05, 3.63) is 48.0 Å². The normalized spacial score (nSPS) is 12.5. The molecule has 214 valence electrons. The summed E-state index contributed by atoms with van der Waals surface area (Å²) in [7, 11) is 0. The zero-order valence-electron chi connectivity index (χ0n) is 22.8. The Hall–Kier alpha value is -3.74. The first-order chi connectivity index (χ1) is 18.7. The van der Waals surface area contributed by atoms with Crippen molar-refractivity contribution in [2.45, 2.75) is 59.0 Å². The van der Waals surface area contributed by atoms with Gasteiger partial charge in [0.2, 0.25) is 11.8 Å². The lowest BCUT2D eigenvalue weighted by Gasteiger charge is -2.36. The molecule has 0 aliphatic heterocycles. The van der Waals surface area contributed by atoms with E-state index in [9.17, 15) is 24.3 Å². The first-order valence-electron chi connectivity index (χ1n) is 12.9. The minimum Gasteiger partial charge on any atom is -0.481 e. The predicted molar refractivity (Wildman–Crippen MR) is 143 cm³/mol. The van der Waals surface area contributed by atoms with Crippen molar-refractivity contribution in [1.82, 2.24) is 21.0 Å². The Balaban J connectivity index is 2.35. The van der Waals surface area contributed by atoms with Crippen LogP contribution in [0, 0.1) is 0 Å². The summed E-state index contributed by atoms with van der Waals surface area (Å²) in [6, 6.07) is 10.7. The maximum Gasteiger partial charge on any atom is 0.338 e. The summed E-state index contributed by atoms with van der Waals surface area (Å²) < 4.78 is 11.5. The number of carbonyl (C=O) groups is 4. The van der Waals surface area contributed by atoms with E-state index in [-0.39, 0.29) is 6.54 Å². The highest BCUT2D eigenvalue weighted by Gasteiger charge is 2.35. The number of amides is 4. The Morgan fingerprint density at radius 1 is 0.974 bits per heavy atom. The number of benzene rings is 2. The number of nitrogens with zero attached hydrogens (tertiary/aromatic N) is 1. The Kier molecular flexibility index (Phi) is 13.1. The summed E-state index contributed by atoms with van der Waals surface area (Å²) in [4.78, 5) is 55.9. The first kappa shape index (κ1) is 31.5. The number of hydrogen-bond acceptors (Lipinski definition) is 7. The number of fused-ring (bicyclic) bond motifs is 1.